The third-order valence-electron chi connectivity index (χ3n) is 3.19. The quantitative estimate of drug-likeness (QED) is 0.816. The molecular weight excluding hydrogens is 260 g/mol. The molecule has 0 N–H and O–H groups in total. The van der Waals surface area contributed by atoms with E-state index in [-0.39, 0.29) is 4.08 Å². The van der Waals surface area contributed by atoms with Gasteiger partial charge in [0.25, 0.3) is 0 Å². The Hall–Kier alpha value is -0.800. The van der Waals surface area contributed by atoms with Gasteiger partial charge >= 0.3 is 0 Å². The number of hydrogen-bond donors (Lipinski definition) is 0. The first kappa shape index (κ1) is 12.2. The van der Waals surface area contributed by atoms with E-state index in [2.05, 4.69) is 59.9 Å². The molecule has 0 atom stereocenters. The first-order chi connectivity index (χ1) is 8.89. The summed E-state index contributed by atoms with van der Waals surface area (Å²) < 4.78 is 5.39. The molecule has 0 saturated carbocycles. The molecule has 3 rings (SSSR count). The third-order valence-corrected chi connectivity index (χ3v) is 6.58. The molecule has 1 fully saturated rings. The normalized spacial score (nSPS) is 18.7. The fourth-order valence-electron chi connectivity index (χ4n) is 2.30. The van der Waals surface area contributed by atoms with Crippen LogP contribution in [0.1, 0.15) is 17.5 Å². The maximum absolute atomic E-state index is 5.22. The molecule has 0 amide bonds. The molecule has 1 aliphatic heterocycles. The molecule has 0 radical (unpaired) electrons. The van der Waals surface area contributed by atoms with Gasteiger partial charge in [0.15, 0.2) is 0 Å². The van der Waals surface area contributed by atoms with Gasteiger partial charge in [-0.2, -0.15) is 0 Å². The highest BCUT2D eigenvalue weighted by molar-refractivity contribution is 8.18. The summed E-state index contributed by atoms with van der Waals surface area (Å²) in [5.41, 5.74) is 2.72. The van der Waals surface area contributed by atoms with Crippen LogP contribution in [-0.2, 0) is 10.5 Å². The smallest absolute Gasteiger partial charge is 0.0935 e. The number of hydrogen-bond acceptors (Lipinski definition) is 3. The van der Waals surface area contributed by atoms with Crippen LogP contribution in [0.4, 0.5) is 0 Å². The largest absolute Gasteiger partial charge is 0.472 e. The predicted molar refractivity (Wildman–Crippen MR) is 80.1 cm³/mol. The van der Waals surface area contributed by atoms with Crippen molar-refractivity contribution in [3.63, 3.8) is 0 Å². The van der Waals surface area contributed by atoms with E-state index in [1.807, 2.05) is 6.26 Å². The van der Waals surface area contributed by atoms with Crippen LogP contribution in [0.3, 0.4) is 0 Å². The van der Waals surface area contributed by atoms with Crippen molar-refractivity contribution in [3.8, 4) is 0 Å². The lowest BCUT2D eigenvalue weighted by atomic mass is 10.1. The summed E-state index contributed by atoms with van der Waals surface area (Å²) in [5, 5.41) is 0. The lowest BCUT2D eigenvalue weighted by molar-refractivity contribution is 0.563. The highest BCUT2D eigenvalue weighted by Crippen LogP contribution is 2.52. The Morgan fingerprint density at radius 2 is 1.83 bits per heavy atom. The predicted octanol–water partition coefficient (Wildman–Crippen LogP) is 4.55. The standard InChI is InChI=1S/C15H16OS2/c1-2-5-14(6-3-1)15(17-9-4-10-18-15)11-13-7-8-16-12-13/h1-3,5-8,12H,4,9-11H2. The topological polar surface area (TPSA) is 13.1 Å². The van der Waals surface area contributed by atoms with E-state index in [1.165, 1.54) is 29.1 Å². The zero-order valence-electron chi connectivity index (χ0n) is 10.2. The van der Waals surface area contributed by atoms with Crippen molar-refractivity contribution in [1.29, 1.82) is 0 Å². The molecule has 3 heteroatoms. The van der Waals surface area contributed by atoms with E-state index in [0.29, 0.717) is 0 Å². The second-order valence-corrected chi connectivity index (χ2v) is 7.52. The molecule has 0 bridgehead atoms. The highest BCUT2D eigenvalue weighted by atomic mass is 32.2. The Balaban J connectivity index is 1.93. The highest BCUT2D eigenvalue weighted by Gasteiger charge is 2.35. The lowest BCUT2D eigenvalue weighted by Gasteiger charge is -2.36. The molecule has 2 heterocycles. The minimum atomic E-state index is 0.170. The average molecular weight is 276 g/mol. The first-order valence-electron chi connectivity index (χ1n) is 6.24. The summed E-state index contributed by atoms with van der Waals surface area (Å²) in [5.74, 6) is 2.50. The molecule has 1 aromatic heterocycles. The van der Waals surface area contributed by atoms with Gasteiger partial charge in [0, 0.05) is 6.42 Å². The van der Waals surface area contributed by atoms with E-state index in [0.717, 1.165) is 6.42 Å². The fourth-order valence-corrected chi connectivity index (χ4v) is 5.70. The lowest BCUT2D eigenvalue weighted by Crippen LogP contribution is -2.25. The van der Waals surface area contributed by atoms with E-state index >= 15 is 0 Å². The summed E-state index contributed by atoms with van der Waals surface area (Å²) in [4.78, 5) is 0. The molecule has 94 valence electrons. The summed E-state index contributed by atoms with van der Waals surface area (Å²) in [6.45, 7) is 0. The Morgan fingerprint density at radius 3 is 2.50 bits per heavy atom. The van der Waals surface area contributed by atoms with Crippen LogP contribution in [0.15, 0.2) is 53.3 Å². The van der Waals surface area contributed by atoms with E-state index < -0.39 is 0 Å². The molecule has 2 aromatic rings. The molecular formula is C15H16OS2. The van der Waals surface area contributed by atoms with E-state index in [4.69, 9.17) is 4.42 Å². The SMILES string of the molecule is c1ccc(C2(Cc3ccoc3)SCCCS2)cc1. The monoisotopic (exact) mass is 276 g/mol. The van der Waals surface area contributed by atoms with Crippen LogP contribution in [-0.4, -0.2) is 11.5 Å². The Bertz CT molecular complexity index is 472. The molecule has 0 unspecified atom stereocenters. The van der Waals surface area contributed by atoms with Gasteiger partial charge < -0.3 is 4.42 Å². The van der Waals surface area contributed by atoms with Crippen molar-refractivity contribution in [2.24, 2.45) is 0 Å². The van der Waals surface area contributed by atoms with Gasteiger partial charge in [-0.3, -0.25) is 0 Å². The van der Waals surface area contributed by atoms with Gasteiger partial charge in [0.2, 0.25) is 0 Å². The number of thioether (sulfide) groups is 2. The number of benzene rings is 1. The minimum Gasteiger partial charge on any atom is -0.472 e. The van der Waals surface area contributed by atoms with Crippen molar-refractivity contribution in [3.05, 3.63) is 60.1 Å². The van der Waals surface area contributed by atoms with Gasteiger partial charge in [0.05, 0.1) is 16.6 Å². The molecule has 0 spiro atoms. The molecule has 18 heavy (non-hydrogen) atoms. The summed E-state index contributed by atoms with van der Waals surface area (Å²) in [7, 11) is 0. The molecule has 1 aliphatic rings. The van der Waals surface area contributed by atoms with Crippen molar-refractivity contribution in [1.82, 2.24) is 0 Å². The summed E-state index contributed by atoms with van der Waals surface area (Å²) in [6.07, 6.45) is 6.00. The Kier molecular flexibility index (Phi) is 3.71. The van der Waals surface area contributed by atoms with Crippen LogP contribution < -0.4 is 0 Å². The maximum atomic E-state index is 5.22. The van der Waals surface area contributed by atoms with Crippen molar-refractivity contribution < 1.29 is 4.42 Å². The van der Waals surface area contributed by atoms with E-state index in [9.17, 15) is 0 Å². The molecule has 0 aliphatic carbocycles. The summed E-state index contributed by atoms with van der Waals surface area (Å²) >= 11 is 4.17. The second-order valence-electron chi connectivity index (χ2n) is 4.48. The van der Waals surface area contributed by atoms with Gasteiger partial charge in [-0.1, -0.05) is 30.3 Å². The Morgan fingerprint density at radius 1 is 1.06 bits per heavy atom. The van der Waals surface area contributed by atoms with Crippen molar-refractivity contribution in [2.45, 2.75) is 16.9 Å². The minimum absolute atomic E-state index is 0.170. The van der Waals surface area contributed by atoms with Gasteiger partial charge in [-0.15, -0.1) is 23.5 Å². The van der Waals surface area contributed by atoms with Gasteiger partial charge in [0.1, 0.15) is 0 Å². The summed E-state index contributed by atoms with van der Waals surface area (Å²) in [6, 6.07) is 13.0. The fraction of sp³-hybridized carbons (Fsp3) is 0.333. The number of rotatable bonds is 3. The maximum Gasteiger partial charge on any atom is 0.0935 e. The Labute approximate surface area is 116 Å². The van der Waals surface area contributed by atoms with Crippen molar-refractivity contribution >= 4 is 23.5 Å². The van der Waals surface area contributed by atoms with Gasteiger partial charge in [-0.05, 0) is 35.1 Å². The van der Waals surface area contributed by atoms with Crippen molar-refractivity contribution in [2.75, 3.05) is 11.5 Å². The molecule has 1 aromatic carbocycles. The first-order valence-corrected chi connectivity index (χ1v) is 8.21. The molecule has 1 saturated heterocycles. The molecule has 1 nitrogen and oxygen atoms in total. The van der Waals surface area contributed by atoms with Crippen LogP contribution in [0, 0.1) is 0 Å². The van der Waals surface area contributed by atoms with Crippen LogP contribution in [0.2, 0.25) is 0 Å². The van der Waals surface area contributed by atoms with Crippen LogP contribution in [0.5, 0.6) is 0 Å². The zero-order valence-corrected chi connectivity index (χ0v) is 11.8. The van der Waals surface area contributed by atoms with E-state index in [1.54, 1.807) is 6.26 Å². The van der Waals surface area contributed by atoms with Gasteiger partial charge in [-0.25, -0.2) is 0 Å². The zero-order chi connectivity index (χ0) is 12.3. The van der Waals surface area contributed by atoms with Crippen LogP contribution >= 0.6 is 23.5 Å². The third kappa shape index (κ3) is 2.47. The van der Waals surface area contributed by atoms with Crippen LogP contribution in [0.25, 0.3) is 0 Å². The number of furan rings is 1. The average Bonchev–Trinajstić information content (AvgIpc) is 2.94. The second kappa shape index (κ2) is 5.45.